The molecule has 0 heterocycles. The number of rotatable bonds is 6. The summed E-state index contributed by atoms with van der Waals surface area (Å²) in [7, 11) is 3.28. The topological polar surface area (TPSA) is 58.2 Å². The number of carbonyl (C=O) groups is 2. The molecule has 0 spiro atoms. The van der Waals surface area contributed by atoms with Gasteiger partial charge in [0.15, 0.2) is 0 Å². The summed E-state index contributed by atoms with van der Waals surface area (Å²) in [5, 5.41) is 5.12. The third-order valence-electron chi connectivity index (χ3n) is 3.46. The van der Waals surface area contributed by atoms with Gasteiger partial charge in [0.05, 0.1) is 0 Å². The van der Waals surface area contributed by atoms with Crippen LogP contribution in [0.2, 0.25) is 0 Å². The van der Waals surface area contributed by atoms with Gasteiger partial charge in [0.2, 0.25) is 11.8 Å². The van der Waals surface area contributed by atoms with Crippen LogP contribution < -0.4 is 10.6 Å². The van der Waals surface area contributed by atoms with Crippen molar-refractivity contribution in [3.05, 3.63) is 77.9 Å². The second-order valence-electron chi connectivity index (χ2n) is 5.37. The zero-order valence-corrected chi connectivity index (χ0v) is 14.9. The number of amides is 2. The van der Waals surface area contributed by atoms with Crippen molar-refractivity contribution in [1.82, 2.24) is 10.6 Å². The van der Waals surface area contributed by atoms with Crippen LogP contribution in [0.3, 0.4) is 0 Å². The summed E-state index contributed by atoms with van der Waals surface area (Å²) < 4.78 is 0. The van der Waals surface area contributed by atoms with Gasteiger partial charge in [-0.05, 0) is 30.0 Å². The molecule has 132 valence electrons. The third-order valence-corrected chi connectivity index (χ3v) is 3.46. The summed E-state index contributed by atoms with van der Waals surface area (Å²) in [6.45, 7) is 0. The van der Waals surface area contributed by atoms with Crippen LogP contribution in [0.25, 0.3) is 6.08 Å². The number of hydrogen-bond acceptors (Lipinski definition) is 2. The number of carbonyl (C=O) groups excluding carboxylic acids is 2. The van der Waals surface area contributed by atoms with Crippen LogP contribution in [-0.4, -0.2) is 25.9 Å². The Kier molecular flexibility index (Phi) is 10.1. The Morgan fingerprint density at radius 3 is 2.04 bits per heavy atom. The number of benzene rings is 2. The minimum Gasteiger partial charge on any atom is -0.359 e. The molecule has 0 aliphatic rings. The lowest BCUT2D eigenvalue weighted by Crippen LogP contribution is -2.17. The van der Waals surface area contributed by atoms with Crippen molar-refractivity contribution in [2.75, 3.05) is 14.1 Å². The maximum Gasteiger partial charge on any atom is 0.243 e. The smallest absolute Gasteiger partial charge is 0.243 e. The van der Waals surface area contributed by atoms with Crippen molar-refractivity contribution < 1.29 is 9.59 Å². The predicted molar refractivity (Wildman–Crippen MR) is 103 cm³/mol. The van der Waals surface area contributed by atoms with Gasteiger partial charge in [0, 0.05) is 26.6 Å². The molecule has 0 aromatic heterocycles. The molecule has 0 aliphatic carbocycles. The zero-order valence-electron chi connectivity index (χ0n) is 14.9. The van der Waals surface area contributed by atoms with Crippen molar-refractivity contribution in [2.45, 2.75) is 19.3 Å². The molecule has 2 N–H and O–H groups in total. The van der Waals surface area contributed by atoms with E-state index in [9.17, 15) is 9.59 Å². The molecule has 0 bridgehead atoms. The average Bonchev–Trinajstić information content (AvgIpc) is 2.68. The zero-order chi connectivity index (χ0) is 18.3. The number of aryl methyl sites for hydroxylation is 1. The van der Waals surface area contributed by atoms with Crippen LogP contribution in [0.5, 0.6) is 0 Å². The molecule has 0 unspecified atom stereocenters. The van der Waals surface area contributed by atoms with Gasteiger partial charge in [0.25, 0.3) is 0 Å². The van der Waals surface area contributed by atoms with E-state index in [1.54, 1.807) is 20.2 Å². The Bertz CT molecular complexity index is 652. The Balaban J connectivity index is 0.000000251. The van der Waals surface area contributed by atoms with E-state index in [4.69, 9.17) is 0 Å². The highest BCUT2D eigenvalue weighted by Crippen LogP contribution is 2.04. The number of hydrogen-bond donors (Lipinski definition) is 2. The van der Waals surface area contributed by atoms with E-state index in [1.165, 1.54) is 11.6 Å². The first-order valence-corrected chi connectivity index (χ1v) is 8.35. The highest BCUT2D eigenvalue weighted by molar-refractivity contribution is 5.91. The van der Waals surface area contributed by atoms with Crippen molar-refractivity contribution in [1.29, 1.82) is 0 Å². The summed E-state index contributed by atoms with van der Waals surface area (Å²) in [5.41, 5.74) is 2.33. The molecule has 0 saturated carbocycles. The Morgan fingerprint density at radius 1 is 0.880 bits per heavy atom. The minimum atomic E-state index is -0.0844. The molecule has 0 aliphatic heterocycles. The van der Waals surface area contributed by atoms with Gasteiger partial charge >= 0.3 is 0 Å². The van der Waals surface area contributed by atoms with E-state index in [0.717, 1.165) is 18.4 Å². The van der Waals surface area contributed by atoms with Crippen LogP contribution in [-0.2, 0) is 16.0 Å². The first-order chi connectivity index (χ1) is 12.2. The summed E-state index contributed by atoms with van der Waals surface area (Å²) in [5.74, 6) is 0.0368. The van der Waals surface area contributed by atoms with Gasteiger partial charge in [-0.25, -0.2) is 0 Å². The maximum absolute atomic E-state index is 10.9. The Labute approximate surface area is 150 Å². The van der Waals surface area contributed by atoms with Gasteiger partial charge in [-0.2, -0.15) is 0 Å². The molecule has 2 aromatic carbocycles. The van der Waals surface area contributed by atoms with Gasteiger partial charge in [0.1, 0.15) is 0 Å². The lowest BCUT2D eigenvalue weighted by atomic mass is 10.1. The van der Waals surface area contributed by atoms with E-state index in [0.29, 0.717) is 6.42 Å². The monoisotopic (exact) mass is 338 g/mol. The van der Waals surface area contributed by atoms with Gasteiger partial charge in [-0.1, -0.05) is 60.7 Å². The van der Waals surface area contributed by atoms with Crippen LogP contribution in [0.15, 0.2) is 66.7 Å². The summed E-state index contributed by atoms with van der Waals surface area (Å²) in [6, 6.07) is 19.9. The fourth-order valence-corrected chi connectivity index (χ4v) is 2.04. The summed E-state index contributed by atoms with van der Waals surface area (Å²) in [6.07, 6.45) is 5.80. The molecule has 4 heteroatoms. The maximum atomic E-state index is 10.9. The molecular weight excluding hydrogens is 312 g/mol. The van der Waals surface area contributed by atoms with Crippen LogP contribution in [0.4, 0.5) is 0 Å². The highest BCUT2D eigenvalue weighted by Gasteiger charge is 1.97. The molecular formula is C21H26N2O2. The standard InChI is InChI=1S/C11H15NO.C10H11NO/c1-12-11(13)9-5-8-10-6-3-2-4-7-10;1-11-10(12)8-7-9-5-3-2-4-6-9/h2-4,6-7H,5,8-9H2,1H3,(H,12,13);2-8H,1H3,(H,11,12)/b;8-7+. The Hall–Kier alpha value is -2.88. The fraction of sp³-hybridized carbons (Fsp3) is 0.238. The summed E-state index contributed by atoms with van der Waals surface area (Å²) in [4.78, 5) is 21.7. The lowest BCUT2D eigenvalue weighted by Gasteiger charge is -2.00. The van der Waals surface area contributed by atoms with Crippen LogP contribution in [0, 0.1) is 0 Å². The van der Waals surface area contributed by atoms with E-state index >= 15 is 0 Å². The summed E-state index contributed by atoms with van der Waals surface area (Å²) >= 11 is 0. The van der Waals surface area contributed by atoms with Crippen LogP contribution >= 0.6 is 0 Å². The van der Waals surface area contributed by atoms with Gasteiger partial charge in [-0.15, -0.1) is 0 Å². The molecule has 2 amide bonds. The molecule has 25 heavy (non-hydrogen) atoms. The number of likely N-dealkylation sites (N-methyl/N-ethyl adjacent to an activating group) is 1. The van der Waals surface area contributed by atoms with E-state index in [2.05, 4.69) is 22.8 Å². The second kappa shape index (κ2) is 12.5. The van der Waals surface area contributed by atoms with Crippen molar-refractivity contribution in [3.8, 4) is 0 Å². The molecule has 2 rings (SSSR count). The largest absolute Gasteiger partial charge is 0.359 e. The highest BCUT2D eigenvalue weighted by atomic mass is 16.2. The second-order valence-corrected chi connectivity index (χ2v) is 5.37. The minimum absolute atomic E-state index is 0.0844. The molecule has 4 nitrogen and oxygen atoms in total. The molecule has 0 fully saturated rings. The van der Waals surface area contributed by atoms with Gasteiger partial charge < -0.3 is 10.6 Å². The SMILES string of the molecule is CNC(=O)/C=C/c1ccccc1.CNC(=O)CCCc1ccccc1. The van der Waals surface area contributed by atoms with Crippen molar-refractivity contribution in [3.63, 3.8) is 0 Å². The fourth-order valence-electron chi connectivity index (χ4n) is 2.04. The molecule has 0 saturated heterocycles. The van der Waals surface area contributed by atoms with Gasteiger partial charge in [-0.3, -0.25) is 9.59 Å². The third kappa shape index (κ3) is 9.76. The lowest BCUT2D eigenvalue weighted by molar-refractivity contribution is -0.120. The number of nitrogens with one attached hydrogen (secondary N) is 2. The average molecular weight is 338 g/mol. The van der Waals surface area contributed by atoms with Crippen LogP contribution in [0.1, 0.15) is 24.0 Å². The van der Waals surface area contributed by atoms with Crippen molar-refractivity contribution in [2.24, 2.45) is 0 Å². The van der Waals surface area contributed by atoms with E-state index in [-0.39, 0.29) is 11.8 Å². The Morgan fingerprint density at radius 2 is 1.48 bits per heavy atom. The van der Waals surface area contributed by atoms with E-state index in [1.807, 2.05) is 48.5 Å². The van der Waals surface area contributed by atoms with Crippen molar-refractivity contribution >= 4 is 17.9 Å². The first-order valence-electron chi connectivity index (χ1n) is 8.35. The predicted octanol–water partition coefficient (Wildman–Crippen LogP) is 3.20. The quantitative estimate of drug-likeness (QED) is 0.795. The first kappa shape index (κ1) is 20.2. The molecule has 2 aromatic rings. The van der Waals surface area contributed by atoms with E-state index < -0.39 is 0 Å². The normalized spacial score (nSPS) is 9.84. The molecule has 0 radical (unpaired) electrons. The molecule has 0 atom stereocenters.